The number of hydrogen-bond acceptors (Lipinski definition) is 0. The first-order valence-electron chi connectivity index (χ1n) is 4.30. The van der Waals surface area contributed by atoms with Crippen molar-refractivity contribution >= 4 is 16.6 Å². The van der Waals surface area contributed by atoms with Gasteiger partial charge >= 0.3 is 0 Å². The summed E-state index contributed by atoms with van der Waals surface area (Å²) in [6.07, 6.45) is 4.63. The Morgan fingerprint density at radius 3 is 2.11 bits per heavy atom. The Labute approximate surface area is 61.1 Å². The first-order valence-corrected chi connectivity index (χ1v) is 6.60. The van der Waals surface area contributed by atoms with Crippen molar-refractivity contribution in [1.29, 1.82) is 0 Å². The molecule has 0 aromatic heterocycles. The topological polar surface area (TPSA) is 0 Å². The summed E-state index contributed by atoms with van der Waals surface area (Å²) in [7, 11) is 2.22. The maximum absolute atomic E-state index is 2.42. The van der Waals surface area contributed by atoms with Gasteiger partial charge in [-0.15, -0.1) is 0 Å². The van der Waals surface area contributed by atoms with E-state index >= 15 is 0 Å². The van der Waals surface area contributed by atoms with Crippen molar-refractivity contribution in [1.82, 2.24) is 0 Å². The van der Waals surface area contributed by atoms with Crippen LogP contribution in [-0.4, -0.2) is 16.6 Å². The third-order valence-electron chi connectivity index (χ3n) is 2.59. The molecule has 0 radical (unpaired) electrons. The highest BCUT2D eigenvalue weighted by atomic mass is 28.3. The minimum atomic E-state index is -0.199. The van der Waals surface area contributed by atoms with Gasteiger partial charge in [-0.25, -0.2) is 0 Å². The molecular weight excluding hydrogens is 123 g/mol. The largest absolute Gasteiger partial charge is 0.101 e. The minimum absolute atomic E-state index is 0.199. The molecular formula is C7H17BSi. The molecule has 1 fully saturated rings. The van der Waals surface area contributed by atoms with Crippen molar-refractivity contribution in [2.24, 2.45) is 0 Å². The van der Waals surface area contributed by atoms with Crippen LogP contribution in [0.2, 0.25) is 17.5 Å². The van der Waals surface area contributed by atoms with Gasteiger partial charge < -0.3 is 0 Å². The highest BCUT2D eigenvalue weighted by molar-refractivity contribution is 6.67. The second-order valence-electron chi connectivity index (χ2n) is 3.64. The lowest BCUT2D eigenvalue weighted by Gasteiger charge is -2.23. The second-order valence-corrected chi connectivity index (χ2v) is 7.65. The predicted octanol–water partition coefficient (Wildman–Crippen LogP) is 1.38. The Balaban J connectivity index is 2.23. The fourth-order valence-corrected chi connectivity index (χ4v) is 5.05. The SMILES string of the molecule is BC(C)[SiH]1CCCCC1. The summed E-state index contributed by atoms with van der Waals surface area (Å²) in [5, 5.41) is 0. The van der Waals surface area contributed by atoms with Gasteiger partial charge in [0.2, 0.25) is 0 Å². The van der Waals surface area contributed by atoms with E-state index in [-0.39, 0.29) is 8.80 Å². The van der Waals surface area contributed by atoms with Crippen LogP contribution in [-0.2, 0) is 0 Å². The molecule has 1 atom stereocenters. The maximum atomic E-state index is 2.42. The molecule has 0 N–H and O–H groups in total. The van der Waals surface area contributed by atoms with Gasteiger partial charge in [0.1, 0.15) is 7.85 Å². The van der Waals surface area contributed by atoms with E-state index in [1.807, 2.05) is 0 Å². The van der Waals surface area contributed by atoms with Crippen molar-refractivity contribution in [3.05, 3.63) is 0 Å². The second kappa shape index (κ2) is 3.45. The van der Waals surface area contributed by atoms with E-state index < -0.39 is 0 Å². The summed E-state index contributed by atoms with van der Waals surface area (Å²) in [4.78, 5) is 0. The van der Waals surface area contributed by atoms with Crippen LogP contribution in [0.4, 0.5) is 0 Å². The van der Waals surface area contributed by atoms with Crippen LogP contribution >= 0.6 is 0 Å². The quantitative estimate of drug-likeness (QED) is 0.482. The molecule has 52 valence electrons. The van der Waals surface area contributed by atoms with E-state index in [9.17, 15) is 0 Å². The van der Waals surface area contributed by atoms with Gasteiger partial charge in [0.05, 0.1) is 0 Å². The zero-order valence-electron chi connectivity index (χ0n) is 6.69. The van der Waals surface area contributed by atoms with Gasteiger partial charge in [-0.05, 0) is 0 Å². The van der Waals surface area contributed by atoms with Crippen LogP contribution in [0.1, 0.15) is 26.2 Å². The maximum Gasteiger partial charge on any atom is 0.101 e. The molecule has 1 unspecified atom stereocenters. The lowest BCUT2D eigenvalue weighted by Crippen LogP contribution is -2.21. The normalized spacial score (nSPS) is 25.9. The van der Waals surface area contributed by atoms with E-state index in [0.29, 0.717) is 0 Å². The van der Waals surface area contributed by atoms with E-state index in [2.05, 4.69) is 14.8 Å². The average Bonchev–Trinajstić information content (AvgIpc) is 1.90. The zero-order valence-corrected chi connectivity index (χ0v) is 7.84. The third-order valence-corrected chi connectivity index (χ3v) is 6.78. The fraction of sp³-hybridized carbons (Fsp3) is 1.00. The van der Waals surface area contributed by atoms with E-state index in [1.54, 1.807) is 24.9 Å². The molecule has 1 saturated heterocycles. The molecule has 0 saturated carbocycles. The van der Waals surface area contributed by atoms with Gasteiger partial charge in [0.25, 0.3) is 0 Å². The molecule has 0 aliphatic carbocycles. The minimum Gasteiger partial charge on any atom is -0.0784 e. The van der Waals surface area contributed by atoms with E-state index in [0.717, 1.165) is 5.44 Å². The summed E-state index contributed by atoms with van der Waals surface area (Å²) in [5.74, 6) is 0. The van der Waals surface area contributed by atoms with Gasteiger partial charge in [-0.1, -0.05) is 43.7 Å². The van der Waals surface area contributed by atoms with Crippen molar-refractivity contribution in [2.45, 2.75) is 43.7 Å². The Morgan fingerprint density at radius 1 is 1.22 bits per heavy atom. The molecule has 1 aliphatic heterocycles. The fourth-order valence-electron chi connectivity index (χ4n) is 1.80. The Kier molecular flexibility index (Phi) is 2.83. The molecule has 0 spiro atoms. The zero-order chi connectivity index (χ0) is 6.69. The van der Waals surface area contributed by atoms with Crippen LogP contribution in [0.25, 0.3) is 0 Å². The van der Waals surface area contributed by atoms with Crippen LogP contribution < -0.4 is 0 Å². The van der Waals surface area contributed by atoms with Crippen LogP contribution in [0, 0.1) is 0 Å². The first kappa shape index (κ1) is 7.39. The molecule has 0 aromatic carbocycles. The smallest absolute Gasteiger partial charge is 0.0784 e. The van der Waals surface area contributed by atoms with Crippen molar-refractivity contribution < 1.29 is 0 Å². The van der Waals surface area contributed by atoms with Gasteiger partial charge in [0, 0.05) is 8.80 Å². The summed E-state index contributed by atoms with van der Waals surface area (Å²) in [5.41, 5.74) is 1.07. The third kappa shape index (κ3) is 2.17. The van der Waals surface area contributed by atoms with E-state index in [1.165, 1.54) is 6.42 Å². The molecule has 9 heavy (non-hydrogen) atoms. The molecule has 0 bridgehead atoms. The highest BCUT2D eigenvalue weighted by Crippen LogP contribution is 2.24. The van der Waals surface area contributed by atoms with Crippen LogP contribution in [0.5, 0.6) is 0 Å². The van der Waals surface area contributed by atoms with Crippen molar-refractivity contribution in [3.8, 4) is 0 Å². The highest BCUT2D eigenvalue weighted by Gasteiger charge is 2.17. The van der Waals surface area contributed by atoms with Crippen LogP contribution in [0.3, 0.4) is 0 Å². The van der Waals surface area contributed by atoms with Gasteiger partial charge in [0.15, 0.2) is 0 Å². The Bertz CT molecular complexity index is 77.0. The molecule has 0 aromatic rings. The molecule has 1 rings (SSSR count). The summed E-state index contributed by atoms with van der Waals surface area (Å²) < 4.78 is 0. The van der Waals surface area contributed by atoms with Crippen LogP contribution in [0.15, 0.2) is 0 Å². The molecule has 2 heteroatoms. The first-order chi connectivity index (χ1) is 4.30. The summed E-state index contributed by atoms with van der Waals surface area (Å²) in [6, 6.07) is 3.27. The van der Waals surface area contributed by atoms with Crippen molar-refractivity contribution in [3.63, 3.8) is 0 Å². The molecule has 0 nitrogen and oxygen atoms in total. The predicted molar refractivity (Wildman–Crippen MR) is 48.6 cm³/mol. The molecule has 0 amide bonds. The van der Waals surface area contributed by atoms with E-state index in [4.69, 9.17) is 0 Å². The average molecular weight is 140 g/mol. The summed E-state index contributed by atoms with van der Waals surface area (Å²) >= 11 is 0. The Morgan fingerprint density at radius 2 is 1.78 bits per heavy atom. The monoisotopic (exact) mass is 140 g/mol. The molecule has 1 aliphatic rings. The van der Waals surface area contributed by atoms with Gasteiger partial charge in [-0.3, -0.25) is 0 Å². The summed E-state index contributed by atoms with van der Waals surface area (Å²) in [6.45, 7) is 2.42. The number of rotatable bonds is 1. The van der Waals surface area contributed by atoms with Gasteiger partial charge in [-0.2, -0.15) is 0 Å². The lowest BCUT2D eigenvalue weighted by atomic mass is 10.1. The van der Waals surface area contributed by atoms with Crippen molar-refractivity contribution in [2.75, 3.05) is 0 Å². The number of hydrogen-bond donors (Lipinski definition) is 0. The lowest BCUT2D eigenvalue weighted by molar-refractivity contribution is 0.718. The molecule has 1 heterocycles. The standard InChI is InChI=1S/C7H17BSi/c1-7(8)9-5-3-2-4-6-9/h7,9H,2-6,8H2,1H3. The Hall–Kier alpha value is 0.282.